The van der Waals surface area contributed by atoms with Crippen molar-refractivity contribution in [2.24, 2.45) is 0 Å². The number of hydrogen-bond donors (Lipinski definition) is 2. The van der Waals surface area contributed by atoms with Crippen molar-refractivity contribution in [3.8, 4) is 5.75 Å². The molecule has 2 rings (SSSR count). The van der Waals surface area contributed by atoms with Gasteiger partial charge in [0.05, 0.1) is 18.4 Å². The van der Waals surface area contributed by atoms with Crippen LogP contribution in [-0.4, -0.2) is 53.2 Å². The van der Waals surface area contributed by atoms with Crippen molar-refractivity contribution in [3.63, 3.8) is 0 Å². The Kier molecular flexibility index (Phi) is 6.18. The van der Waals surface area contributed by atoms with Gasteiger partial charge in [0.25, 0.3) is 11.1 Å². The molecule has 25 heavy (non-hydrogen) atoms. The summed E-state index contributed by atoms with van der Waals surface area (Å²) in [7, 11) is 1.54. The molecule has 132 valence electrons. The van der Waals surface area contributed by atoms with Gasteiger partial charge in [0.1, 0.15) is 12.3 Å². The average Bonchev–Trinajstić information content (AvgIpc) is 2.83. The number of carbonyl (C=O) groups excluding carboxylic acids is 3. The highest BCUT2D eigenvalue weighted by molar-refractivity contribution is 8.18. The maximum Gasteiger partial charge on any atom is 0.305 e. The summed E-state index contributed by atoms with van der Waals surface area (Å²) in [6.07, 6.45) is 1.33. The summed E-state index contributed by atoms with van der Waals surface area (Å²) in [5, 5.41) is 10.3. The normalized spacial score (nSPS) is 15.6. The van der Waals surface area contributed by atoms with E-state index in [0.717, 1.165) is 22.2 Å². The SMILES string of the molecule is COc1ccc(/C=C2\SC(=O)N(CC(=O)NCCC(=O)O)C2=O)cc1. The molecule has 9 heteroatoms. The van der Waals surface area contributed by atoms with E-state index in [4.69, 9.17) is 9.84 Å². The van der Waals surface area contributed by atoms with Crippen molar-refractivity contribution < 1.29 is 29.0 Å². The number of carboxylic acids is 1. The molecule has 1 aromatic rings. The zero-order valence-corrected chi connectivity index (χ0v) is 14.2. The second kappa shape index (κ2) is 8.34. The highest BCUT2D eigenvalue weighted by Gasteiger charge is 2.36. The van der Waals surface area contributed by atoms with E-state index >= 15 is 0 Å². The maximum atomic E-state index is 12.3. The Labute approximate surface area is 147 Å². The third kappa shape index (κ3) is 5.08. The van der Waals surface area contributed by atoms with Gasteiger partial charge >= 0.3 is 5.97 Å². The summed E-state index contributed by atoms with van der Waals surface area (Å²) in [5.41, 5.74) is 0.720. The molecule has 1 aromatic carbocycles. The Bertz CT molecular complexity index is 729. The van der Waals surface area contributed by atoms with Crippen LogP contribution in [-0.2, 0) is 14.4 Å². The van der Waals surface area contributed by atoms with Crippen molar-refractivity contribution in [3.05, 3.63) is 34.7 Å². The molecule has 1 aliphatic heterocycles. The molecule has 0 aromatic heterocycles. The van der Waals surface area contributed by atoms with Crippen LogP contribution in [0.15, 0.2) is 29.2 Å². The van der Waals surface area contributed by atoms with E-state index in [1.165, 1.54) is 0 Å². The van der Waals surface area contributed by atoms with E-state index in [-0.39, 0.29) is 17.9 Å². The average molecular weight is 364 g/mol. The predicted octanol–water partition coefficient (Wildman–Crippen LogP) is 1.32. The standard InChI is InChI=1S/C16H16N2O6S/c1-24-11-4-2-10(3-5-11)8-12-15(22)18(16(23)25-12)9-13(19)17-7-6-14(20)21/h2-5,8H,6-7,9H2,1H3,(H,17,19)(H,20,21)/b12-8-. The molecule has 1 aliphatic rings. The molecule has 0 aliphatic carbocycles. The van der Waals surface area contributed by atoms with Gasteiger partial charge in [-0.15, -0.1) is 0 Å². The summed E-state index contributed by atoms with van der Waals surface area (Å²) in [6, 6.07) is 6.94. The topological polar surface area (TPSA) is 113 Å². The van der Waals surface area contributed by atoms with Gasteiger partial charge in [-0.25, -0.2) is 0 Å². The van der Waals surface area contributed by atoms with E-state index in [1.807, 2.05) is 0 Å². The first-order chi connectivity index (χ1) is 11.9. The van der Waals surface area contributed by atoms with Gasteiger partial charge in [-0.05, 0) is 35.5 Å². The van der Waals surface area contributed by atoms with Gasteiger partial charge in [-0.2, -0.15) is 0 Å². The van der Waals surface area contributed by atoms with Crippen molar-refractivity contribution in [1.29, 1.82) is 0 Å². The zero-order chi connectivity index (χ0) is 18.4. The molecule has 2 N–H and O–H groups in total. The molecule has 8 nitrogen and oxygen atoms in total. The molecule has 0 atom stereocenters. The van der Waals surface area contributed by atoms with E-state index in [0.29, 0.717) is 5.75 Å². The third-order valence-electron chi connectivity index (χ3n) is 3.25. The Hall–Kier alpha value is -2.81. The number of carbonyl (C=O) groups is 4. The van der Waals surface area contributed by atoms with E-state index in [9.17, 15) is 19.2 Å². The molecular formula is C16H16N2O6S. The molecule has 0 spiro atoms. The molecule has 1 heterocycles. The molecule has 0 unspecified atom stereocenters. The number of aliphatic carboxylic acids is 1. The molecule has 0 saturated carbocycles. The van der Waals surface area contributed by atoms with Gasteiger partial charge in [0, 0.05) is 6.54 Å². The monoisotopic (exact) mass is 364 g/mol. The summed E-state index contributed by atoms with van der Waals surface area (Å²) in [5.74, 6) is -1.52. The number of methoxy groups -OCH3 is 1. The Balaban J connectivity index is 1.99. The van der Waals surface area contributed by atoms with Crippen LogP contribution in [0.4, 0.5) is 4.79 Å². The number of hydrogen-bond acceptors (Lipinski definition) is 6. The van der Waals surface area contributed by atoms with E-state index in [1.54, 1.807) is 37.5 Å². The number of imide groups is 1. The first kappa shape index (κ1) is 18.5. The van der Waals surface area contributed by atoms with Crippen LogP contribution < -0.4 is 10.1 Å². The van der Waals surface area contributed by atoms with Crippen LogP contribution in [0, 0.1) is 0 Å². The summed E-state index contributed by atoms with van der Waals surface area (Å²) in [4.78, 5) is 47.4. The highest BCUT2D eigenvalue weighted by atomic mass is 32.2. The minimum atomic E-state index is -1.05. The number of rotatable bonds is 7. The van der Waals surface area contributed by atoms with Crippen molar-refractivity contribution in [2.45, 2.75) is 6.42 Å². The minimum Gasteiger partial charge on any atom is -0.497 e. The van der Waals surface area contributed by atoms with Gasteiger partial charge in [0.2, 0.25) is 5.91 Å². The van der Waals surface area contributed by atoms with Gasteiger partial charge in [-0.1, -0.05) is 12.1 Å². The number of nitrogens with one attached hydrogen (secondary N) is 1. The highest BCUT2D eigenvalue weighted by Crippen LogP contribution is 2.32. The fraction of sp³-hybridized carbons (Fsp3) is 0.250. The smallest absolute Gasteiger partial charge is 0.305 e. The summed E-state index contributed by atoms with van der Waals surface area (Å²) < 4.78 is 5.05. The van der Waals surface area contributed by atoms with E-state index in [2.05, 4.69) is 5.32 Å². The van der Waals surface area contributed by atoms with Crippen LogP contribution in [0.3, 0.4) is 0 Å². The van der Waals surface area contributed by atoms with Crippen LogP contribution in [0.25, 0.3) is 6.08 Å². The second-order valence-corrected chi connectivity index (χ2v) is 6.03. The predicted molar refractivity (Wildman–Crippen MR) is 90.9 cm³/mol. The number of benzene rings is 1. The summed E-state index contributed by atoms with van der Waals surface area (Å²) in [6.45, 7) is -0.504. The number of nitrogens with zero attached hydrogens (tertiary/aromatic N) is 1. The summed E-state index contributed by atoms with van der Waals surface area (Å²) >= 11 is 0.750. The van der Waals surface area contributed by atoms with Crippen molar-refractivity contribution in [1.82, 2.24) is 10.2 Å². The van der Waals surface area contributed by atoms with Crippen molar-refractivity contribution >= 4 is 40.9 Å². The second-order valence-electron chi connectivity index (χ2n) is 5.03. The lowest BCUT2D eigenvalue weighted by atomic mass is 10.2. The lowest BCUT2D eigenvalue weighted by Gasteiger charge is -2.11. The molecule has 1 fully saturated rings. The van der Waals surface area contributed by atoms with Crippen molar-refractivity contribution in [2.75, 3.05) is 20.2 Å². The Morgan fingerprint density at radius 2 is 1.96 bits per heavy atom. The van der Waals surface area contributed by atoms with E-state index < -0.39 is 29.6 Å². The molecule has 0 radical (unpaired) electrons. The molecular weight excluding hydrogens is 348 g/mol. The number of amides is 3. The third-order valence-corrected chi connectivity index (χ3v) is 4.16. The Morgan fingerprint density at radius 1 is 1.28 bits per heavy atom. The first-order valence-corrected chi connectivity index (χ1v) is 8.10. The lowest BCUT2D eigenvalue weighted by molar-refractivity contribution is -0.137. The molecule has 1 saturated heterocycles. The van der Waals surface area contributed by atoms with Crippen LogP contribution in [0.5, 0.6) is 5.75 Å². The minimum absolute atomic E-state index is 0.0634. The maximum absolute atomic E-state index is 12.3. The number of thioether (sulfide) groups is 1. The number of carboxylic acid groups (broad SMARTS) is 1. The number of ether oxygens (including phenoxy) is 1. The quantitative estimate of drug-likeness (QED) is 0.702. The molecule has 0 bridgehead atoms. The zero-order valence-electron chi connectivity index (χ0n) is 13.4. The Morgan fingerprint density at radius 3 is 2.56 bits per heavy atom. The van der Waals surface area contributed by atoms with Gasteiger partial charge < -0.3 is 15.2 Å². The van der Waals surface area contributed by atoms with Crippen LogP contribution >= 0.6 is 11.8 Å². The van der Waals surface area contributed by atoms with Gasteiger partial charge in [-0.3, -0.25) is 24.1 Å². The lowest BCUT2D eigenvalue weighted by Crippen LogP contribution is -2.40. The van der Waals surface area contributed by atoms with Crippen LogP contribution in [0.1, 0.15) is 12.0 Å². The largest absolute Gasteiger partial charge is 0.497 e. The fourth-order valence-corrected chi connectivity index (χ4v) is 2.83. The van der Waals surface area contributed by atoms with Gasteiger partial charge in [0.15, 0.2) is 0 Å². The first-order valence-electron chi connectivity index (χ1n) is 7.28. The van der Waals surface area contributed by atoms with Crippen LogP contribution in [0.2, 0.25) is 0 Å². The fourth-order valence-electron chi connectivity index (χ4n) is 2.00. The molecule has 3 amide bonds.